The summed E-state index contributed by atoms with van der Waals surface area (Å²) in [4.78, 5) is 4.07. The van der Waals surface area contributed by atoms with Gasteiger partial charge in [-0.1, -0.05) is 18.2 Å². The van der Waals surface area contributed by atoms with Gasteiger partial charge < -0.3 is 4.74 Å². The molecule has 0 bridgehead atoms. The molecule has 0 aliphatic carbocycles. The van der Waals surface area contributed by atoms with Gasteiger partial charge in [0, 0.05) is 29.6 Å². The third-order valence-corrected chi connectivity index (χ3v) is 2.58. The molecule has 0 atom stereocenters. The maximum atomic E-state index is 8.89. The Kier molecular flexibility index (Phi) is 3.72. The Labute approximate surface area is 106 Å². The first-order valence-corrected chi connectivity index (χ1v) is 5.50. The zero-order valence-corrected chi connectivity index (χ0v) is 10.00. The van der Waals surface area contributed by atoms with Crippen molar-refractivity contribution in [2.45, 2.75) is 0 Å². The number of aromatic nitrogens is 1. The standard InChI is InChI=1S/C15H12N2O/c1-18-14-6-4-12(5-7-14)15(8-9-16)13-3-2-10-17-11-13/h2-8,10-11H,1H3/b15-8-. The third kappa shape index (κ3) is 2.55. The van der Waals surface area contributed by atoms with Gasteiger partial charge in [-0.25, -0.2) is 0 Å². The molecule has 0 saturated carbocycles. The van der Waals surface area contributed by atoms with E-state index in [4.69, 9.17) is 10.00 Å². The van der Waals surface area contributed by atoms with Crippen molar-refractivity contribution in [1.82, 2.24) is 4.98 Å². The van der Waals surface area contributed by atoms with E-state index in [0.717, 1.165) is 22.4 Å². The van der Waals surface area contributed by atoms with Crippen LogP contribution < -0.4 is 4.74 Å². The van der Waals surface area contributed by atoms with Gasteiger partial charge in [-0.15, -0.1) is 0 Å². The number of methoxy groups -OCH3 is 1. The first-order valence-electron chi connectivity index (χ1n) is 5.50. The molecular weight excluding hydrogens is 224 g/mol. The van der Waals surface area contributed by atoms with Gasteiger partial charge >= 0.3 is 0 Å². The predicted octanol–water partition coefficient (Wildman–Crippen LogP) is 3.05. The summed E-state index contributed by atoms with van der Waals surface area (Å²) in [6.07, 6.45) is 4.98. The van der Waals surface area contributed by atoms with Gasteiger partial charge in [0.2, 0.25) is 0 Å². The number of allylic oxidation sites excluding steroid dienone is 1. The Morgan fingerprint density at radius 1 is 1.22 bits per heavy atom. The molecule has 0 N–H and O–H groups in total. The van der Waals surface area contributed by atoms with Crippen molar-refractivity contribution in [2.24, 2.45) is 0 Å². The molecule has 0 saturated heterocycles. The number of pyridine rings is 1. The summed E-state index contributed by atoms with van der Waals surface area (Å²) < 4.78 is 5.12. The van der Waals surface area contributed by atoms with Crippen molar-refractivity contribution in [3.63, 3.8) is 0 Å². The highest BCUT2D eigenvalue weighted by Gasteiger charge is 2.05. The van der Waals surface area contributed by atoms with Gasteiger partial charge in [0.25, 0.3) is 0 Å². The van der Waals surface area contributed by atoms with Crippen molar-refractivity contribution in [2.75, 3.05) is 7.11 Å². The molecule has 0 fully saturated rings. The van der Waals surface area contributed by atoms with Gasteiger partial charge in [-0.2, -0.15) is 5.26 Å². The molecule has 0 aliphatic rings. The van der Waals surface area contributed by atoms with Crippen LogP contribution in [0.2, 0.25) is 0 Å². The molecule has 1 aromatic heterocycles. The van der Waals surface area contributed by atoms with Crippen LogP contribution in [0.1, 0.15) is 11.1 Å². The molecule has 0 unspecified atom stereocenters. The Morgan fingerprint density at radius 3 is 2.56 bits per heavy atom. The maximum absolute atomic E-state index is 8.89. The molecule has 18 heavy (non-hydrogen) atoms. The van der Waals surface area contributed by atoms with E-state index in [1.165, 1.54) is 6.08 Å². The quantitative estimate of drug-likeness (QED) is 0.769. The van der Waals surface area contributed by atoms with E-state index in [1.54, 1.807) is 19.5 Å². The summed E-state index contributed by atoms with van der Waals surface area (Å²) in [6, 6.07) is 13.4. The highest BCUT2D eigenvalue weighted by atomic mass is 16.5. The maximum Gasteiger partial charge on any atom is 0.118 e. The fraction of sp³-hybridized carbons (Fsp3) is 0.0667. The molecule has 2 aromatic rings. The van der Waals surface area contributed by atoms with Gasteiger partial charge in [0.05, 0.1) is 13.2 Å². The fourth-order valence-corrected chi connectivity index (χ4v) is 1.69. The average molecular weight is 236 g/mol. The fourth-order valence-electron chi connectivity index (χ4n) is 1.69. The largest absolute Gasteiger partial charge is 0.497 e. The summed E-state index contributed by atoms with van der Waals surface area (Å²) in [6.45, 7) is 0. The van der Waals surface area contributed by atoms with Crippen molar-refractivity contribution in [1.29, 1.82) is 5.26 Å². The third-order valence-electron chi connectivity index (χ3n) is 2.58. The van der Waals surface area contributed by atoms with Crippen LogP contribution in [0, 0.1) is 11.3 Å². The molecule has 3 heteroatoms. The minimum Gasteiger partial charge on any atom is -0.497 e. The van der Waals surface area contributed by atoms with Crippen LogP contribution >= 0.6 is 0 Å². The summed E-state index contributed by atoms with van der Waals surface area (Å²) >= 11 is 0. The minimum absolute atomic E-state index is 0.793. The van der Waals surface area contributed by atoms with Crippen molar-refractivity contribution < 1.29 is 4.74 Å². The number of hydrogen-bond donors (Lipinski definition) is 0. The van der Waals surface area contributed by atoms with Gasteiger partial charge in [0.1, 0.15) is 5.75 Å². The van der Waals surface area contributed by atoms with Crippen LogP contribution in [0.25, 0.3) is 5.57 Å². The number of nitriles is 1. The Morgan fingerprint density at radius 2 is 2.00 bits per heavy atom. The second kappa shape index (κ2) is 5.65. The van der Waals surface area contributed by atoms with E-state index >= 15 is 0 Å². The Balaban J connectivity index is 2.43. The molecule has 0 aliphatic heterocycles. The molecule has 0 radical (unpaired) electrons. The number of nitrogens with zero attached hydrogens (tertiary/aromatic N) is 2. The summed E-state index contributed by atoms with van der Waals surface area (Å²) in [7, 11) is 1.63. The lowest BCUT2D eigenvalue weighted by Gasteiger charge is -2.07. The number of hydrogen-bond acceptors (Lipinski definition) is 3. The molecule has 1 aromatic carbocycles. The molecule has 0 spiro atoms. The first-order chi connectivity index (χ1) is 8.85. The SMILES string of the molecule is COc1ccc(/C(=C/C#N)c2cccnc2)cc1. The van der Waals surface area contributed by atoms with Gasteiger partial charge in [-0.3, -0.25) is 4.98 Å². The molecule has 2 rings (SSSR count). The minimum atomic E-state index is 0.793. The van der Waals surface area contributed by atoms with E-state index in [1.807, 2.05) is 36.4 Å². The molecule has 88 valence electrons. The molecule has 1 heterocycles. The number of rotatable bonds is 3. The smallest absolute Gasteiger partial charge is 0.118 e. The number of ether oxygens (including phenoxy) is 1. The van der Waals surface area contributed by atoms with Crippen molar-refractivity contribution in [3.05, 3.63) is 66.0 Å². The van der Waals surface area contributed by atoms with E-state index in [-0.39, 0.29) is 0 Å². The van der Waals surface area contributed by atoms with Gasteiger partial charge in [-0.05, 0) is 23.8 Å². The zero-order valence-electron chi connectivity index (χ0n) is 10.00. The second-order valence-electron chi connectivity index (χ2n) is 3.66. The molecule has 0 amide bonds. The predicted molar refractivity (Wildman–Crippen MR) is 69.9 cm³/mol. The molecule has 3 nitrogen and oxygen atoms in total. The van der Waals surface area contributed by atoms with Crippen LogP contribution in [0.3, 0.4) is 0 Å². The number of benzene rings is 1. The highest BCUT2D eigenvalue weighted by molar-refractivity contribution is 5.80. The van der Waals surface area contributed by atoms with E-state index < -0.39 is 0 Å². The highest BCUT2D eigenvalue weighted by Crippen LogP contribution is 2.24. The molecular formula is C15H12N2O. The van der Waals surface area contributed by atoms with Gasteiger partial charge in [0.15, 0.2) is 0 Å². The summed E-state index contributed by atoms with van der Waals surface area (Å²) in [5, 5.41) is 8.89. The van der Waals surface area contributed by atoms with Crippen LogP contribution in [0.5, 0.6) is 5.75 Å². The van der Waals surface area contributed by atoms with E-state index in [0.29, 0.717) is 0 Å². The van der Waals surface area contributed by atoms with E-state index in [2.05, 4.69) is 11.1 Å². The summed E-state index contributed by atoms with van der Waals surface area (Å²) in [5.41, 5.74) is 2.74. The normalized spacial score (nSPS) is 10.8. The Bertz CT molecular complexity index is 580. The van der Waals surface area contributed by atoms with Crippen molar-refractivity contribution in [3.8, 4) is 11.8 Å². The van der Waals surface area contributed by atoms with Crippen LogP contribution in [0.4, 0.5) is 0 Å². The zero-order chi connectivity index (χ0) is 12.8. The van der Waals surface area contributed by atoms with E-state index in [9.17, 15) is 0 Å². The average Bonchev–Trinajstić information content (AvgIpc) is 2.46. The first kappa shape index (κ1) is 11.9. The lowest BCUT2D eigenvalue weighted by Crippen LogP contribution is -1.89. The summed E-state index contributed by atoms with van der Waals surface area (Å²) in [5.74, 6) is 0.793. The Hall–Kier alpha value is -2.60. The lowest BCUT2D eigenvalue weighted by molar-refractivity contribution is 0.415. The van der Waals surface area contributed by atoms with Crippen LogP contribution in [-0.4, -0.2) is 12.1 Å². The lowest BCUT2D eigenvalue weighted by atomic mass is 9.99. The topological polar surface area (TPSA) is 45.9 Å². The van der Waals surface area contributed by atoms with Crippen LogP contribution in [0.15, 0.2) is 54.9 Å². The second-order valence-corrected chi connectivity index (χ2v) is 3.66. The monoisotopic (exact) mass is 236 g/mol. The van der Waals surface area contributed by atoms with Crippen molar-refractivity contribution >= 4 is 5.57 Å². The van der Waals surface area contributed by atoms with Crippen LogP contribution in [-0.2, 0) is 0 Å².